The van der Waals surface area contributed by atoms with Crippen molar-refractivity contribution in [1.29, 1.82) is 0 Å². The molecule has 110 valence electrons. The lowest BCUT2D eigenvalue weighted by Crippen LogP contribution is -2.19. The summed E-state index contributed by atoms with van der Waals surface area (Å²) in [6.45, 7) is 4.25. The summed E-state index contributed by atoms with van der Waals surface area (Å²) in [7, 11) is 0. The van der Waals surface area contributed by atoms with Gasteiger partial charge in [0.15, 0.2) is 0 Å². The second-order valence-corrected chi connectivity index (χ2v) is 6.69. The van der Waals surface area contributed by atoms with Crippen LogP contribution >= 0.6 is 11.8 Å². The van der Waals surface area contributed by atoms with Crippen LogP contribution in [0.4, 0.5) is 0 Å². The molecule has 1 aliphatic carbocycles. The molecule has 1 N–H and O–H groups in total. The van der Waals surface area contributed by atoms with Crippen LogP contribution in [-0.2, 0) is 18.6 Å². The average molecular weight is 300 g/mol. The maximum Gasteiger partial charge on any atom is 0.346 e. The van der Waals surface area contributed by atoms with Crippen molar-refractivity contribution in [2.24, 2.45) is 0 Å². The molecule has 1 aromatic carbocycles. The van der Waals surface area contributed by atoms with Crippen LogP contribution in [0.2, 0.25) is 0 Å². The lowest BCUT2D eigenvalue weighted by atomic mass is 9.98. The van der Waals surface area contributed by atoms with E-state index in [4.69, 9.17) is 0 Å². The Morgan fingerprint density at radius 2 is 2.05 bits per heavy atom. The first-order valence-electron chi connectivity index (χ1n) is 7.44. The third-order valence-corrected chi connectivity index (χ3v) is 5.12. The number of nitrogens with zero attached hydrogens (tertiary/aromatic N) is 1. The van der Waals surface area contributed by atoms with Crippen molar-refractivity contribution < 1.29 is 0 Å². The Balaban J connectivity index is 1.87. The zero-order valence-corrected chi connectivity index (χ0v) is 13.3. The van der Waals surface area contributed by atoms with Gasteiger partial charge in [0.1, 0.15) is 5.03 Å². The number of hydrogen-bond donors (Lipinski definition) is 1. The van der Waals surface area contributed by atoms with Gasteiger partial charge in [-0.2, -0.15) is 4.98 Å². The molecule has 0 bridgehead atoms. The van der Waals surface area contributed by atoms with E-state index in [1.54, 1.807) is 11.8 Å². The molecule has 0 radical (unpaired) electrons. The highest BCUT2D eigenvalue weighted by Crippen LogP contribution is 2.30. The molecule has 0 saturated carbocycles. The normalized spacial score (nSPS) is 14.0. The largest absolute Gasteiger partial charge is 0.346 e. The molecule has 0 fully saturated rings. The minimum Gasteiger partial charge on any atom is -0.309 e. The molecule has 21 heavy (non-hydrogen) atoms. The molecule has 2 aromatic rings. The molecule has 0 unspecified atom stereocenters. The first-order valence-corrected chi connectivity index (χ1v) is 8.43. The maximum absolute atomic E-state index is 11.7. The van der Waals surface area contributed by atoms with Crippen LogP contribution < -0.4 is 5.69 Å². The Kier molecular flexibility index (Phi) is 4.15. The first kappa shape index (κ1) is 14.4. The van der Waals surface area contributed by atoms with Crippen molar-refractivity contribution in [1.82, 2.24) is 9.97 Å². The fourth-order valence-corrected chi connectivity index (χ4v) is 3.97. The quantitative estimate of drug-likeness (QED) is 0.696. The second kappa shape index (κ2) is 6.06. The zero-order valence-electron chi connectivity index (χ0n) is 12.5. The van der Waals surface area contributed by atoms with Gasteiger partial charge in [-0.15, -0.1) is 11.8 Å². The Hall–Kier alpha value is -1.55. The average Bonchev–Trinajstić information content (AvgIpc) is 2.47. The Bertz CT molecular complexity index is 721. The van der Waals surface area contributed by atoms with E-state index in [0.717, 1.165) is 35.7 Å². The first-order chi connectivity index (χ1) is 10.1. The molecule has 0 amide bonds. The molecule has 3 rings (SSSR count). The van der Waals surface area contributed by atoms with Crippen molar-refractivity contribution in [2.45, 2.75) is 50.3 Å². The number of aromatic nitrogens is 2. The van der Waals surface area contributed by atoms with E-state index in [1.807, 2.05) is 0 Å². The van der Waals surface area contributed by atoms with E-state index in [-0.39, 0.29) is 5.69 Å². The minimum atomic E-state index is -0.209. The summed E-state index contributed by atoms with van der Waals surface area (Å²) in [5.74, 6) is 0.871. The smallest absolute Gasteiger partial charge is 0.309 e. The number of H-pyrrole nitrogens is 1. The van der Waals surface area contributed by atoms with Crippen LogP contribution in [0.1, 0.15) is 40.8 Å². The van der Waals surface area contributed by atoms with Gasteiger partial charge in [-0.1, -0.05) is 23.8 Å². The van der Waals surface area contributed by atoms with Crippen LogP contribution in [0.15, 0.2) is 28.0 Å². The van der Waals surface area contributed by atoms with Gasteiger partial charge in [0.05, 0.1) is 0 Å². The predicted molar refractivity (Wildman–Crippen MR) is 87.0 cm³/mol. The summed E-state index contributed by atoms with van der Waals surface area (Å²) in [5.41, 5.74) is 6.05. The van der Waals surface area contributed by atoms with E-state index in [9.17, 15) is 4.79 Å². The molecule has 1 aromatic heterocycles. The van der Waals surface area contributed by atoms with Gasteiger partial charge in [0, 0.05) is 17.0 Å². The lowest BCUT2D eigenvalue weighted by molar-refractivity contribution is 0.639. The summed E-state index contributed by atoms with van der Waals surface area (Å²) in [5, 5.41) is 0.925. The van der Waals surface area contributed by atoms with Crippen molar-refractivity contribution >= 4 is 11.8 Å². The molecule has 0 atom stereocenters. The monoisotopic (exact) mass is 300 g/mol. The standard InChI is InChI=1S/C17H20N2OS/c1-11-7-8-12(2)13(9-11)10-21-16-14-5-3-4-6-15(14)18-17(20)19-16/h7-9H,3-6,10H2,1-2H3,(H,18,19,20). The van der Waals surface area contributed by atoms with Crippen molar-refractivity contribution in [3.63, 3.8) is 0 Å². The molecule has 1 heterocycles. The van der Waals surface area contributed by atoms with Crippen LogP contribution in [0.25, 0.3) is 0 Å². The van der Waals surface area contributed by atoms with Crippen LogP contribution in [0, 0.1) is 13.8 Å². The number of aryl methyl sites for hydroxylation is 3. The van der Waals surface area contributed by atoms with E-state index in [1.165, 1.54) is 28.7 Å². The third-order valence-electron chi connectivity index (χ3n) is 4.06. The fourth-order valence-electron chi connectivity index (χ4n) is 2.82. The topological polar surface area (TPSA) is 45.8 Å². The van der Waals surface area contributed by atoms with Gasteiger partial charge < -0.3 is 4.98 Å². The molecule has 0 spiro atoms. The lowest BCUT2D eigenvalue weighted by Gasteiger charge is -2.17. The summed E-state index contributed by atoms with van der Waals surface area (Å²) >= 11 is 1.69. The van der Waals surface area contributed by atoms with Crippen molar-refractivity contribution in [3.05, 3.63) is 56.6 Å². The number of hydrogen-bond acceptors (Lipinski definition) is 3. The number of benzene rings is 1. The zero-order chi connectivity index (χ0) is 14.8. The van der Waals surface area contributed by atoms with Gasteiger partial charge in [0.25, 0.3) is 0 Å². The SMILES string of the molecule is Cc1ccc(C)c(CSc2nc(=O)[nH]c3c2CCCC3)c1. The van der Waals surface area contributed by atoms with Gasteiger partial charge in [0.2, 0.25) is 0 Å². The number of nitrogens with one attached hydrogen (secondary N) is 1. The predicted octanol–water partition coefficient (Wildman–Crippen LogP) is 3.56. The maximum atomic E-state index is 11.7. The van der Waals surface area contributed by atoms with Gasteiger partial charge in [-0.3, -0.25) is 0 Å². The van der Waals surface area contributed by atoms with Gasteiger partial charge in [-0.05, 0) is 50.7 Å². The summed E-state index contributed by atoms with van der Waals surface area (Å²) in [6.07, 6.45) is 4.37. The number of rotatable bonds is 3. The highest BCUT2D eigenvalue weighted by Gasteiger charge is 2.16. The number of aromatic amines is 1. The molecule has 3 nitrogen and oxygen atoms in total. The van der Waals surface area contributed by atoms with Crippen molar-refractivity contribution in [2.75, 3.05) is 0 Å². The molecular weight excluding hydrogens is 280 g/mol. The van der Waals surface area contributed by atoms with Crippen LogP contribution in [0.3, 0.4) is 0 Å². The van der Waals surface area contributed by atoms with Gasteiger partial charge in [-0.25, -0.2) is 4.79 Å². The Morgan fingerprint density at radius 3 is 2.90 bits per heavy atom. The summed E-state index contributed by atoms with van der Waals surface area (Å²) < 4.78 is 0. The van der Waals surface area contributed by atoms with E-state index < -0.39 is 0 Å². The number of fused-ring (bicyclic) bond motifs is 1. The van der Waals surface area contributed by atoms with Crippen molar-refractivity contribution in [3.8, 4) is 0 Å². The molecule has 4 heteroatoms. The van der Waals surface area contributed by atoms with E-state index in [0.29, 0.717) is 0 Å². The molecule has 1 aliphatic rings. The van der Waals surface area contributed by atoms with E-state index >= 15 is 0 Å². The second-order valence-electron chi connectivity index (χ2n) is 5.73. The van der Waals surface area contributed by atoms with Gasteiger partial charge >= 0.3 is 5.69 Å². The Labute approximate surface area is 129 Å². The highest BCUT2D eigenvalue weighted by molar-refractivity contribution is 7.98. The molecule has 0 saturated heterocycles. The van der Waals surface area contributed by atoms with Crippen LogP contribution in [-0.4, -0.2) is 9.97 Å². The third kappa shape index (κ3) is 3.21. The highest BCUT2D eigenvalue weighted by atomic mass is 32.2. The molecule has 0 aliphatic heterocycles. The van der Waals surface area contributed by atoms with E-state index in [2.05, 4.69) is 42.0 Å². The summed E-state index contributed by atoms with van der Waals surface area (Å²) in [6, 6.07) is 6.52. The van der Waals surface area contributed by atoms with Crippen LogP contribution in [0.5, 0.6) is 0 Å². The fraction of sp³-hybridized carbons (Fsp3) is 0.412. The Morgan fingerprint density at radius 1 is 1.24 bits per heavy atom. The number of thioether (sulfide) groups is 1. The summed E-state index contributed by atoms with van der Waals surface area (Å²) in [4.78, 5) is 18.8. The molecular formula is C17H20N2OS. The minimum absolute atomic E-state index is 0.209.